The van der Waals surface area contributed by atoms with Crippen molar-refractivity contribution < 1.29 is 19.5 Å². The Labute approximate surface area is 99.3 Å². The summed E-state index contributed by atoms with van der Waals surface area (Å²) in [6.07, 6.45) is 3.61. The van der Waals surface area contributed by atoms with Crippen LogP contribution in [0.1, 0.15) is 13.3 Å². The molecule has 0 aromatic rings. The highest BCUT2D eigenvalue weighted by Gasteiger charge is 2.25. The predicted octanol–water partition coefficient (Wildman–Crippen LogP) is -0.390. The first-order chi connectivity index (χ1) is 7.90. The Kier molecular flexibility index (Phi) is 4.25. The lowest BCUT2D eigenvalue weighted by atomic mass is 10.1. The molecular weight excluding hydrogens is 224 g/mol. The molecule has 0 aliphatic heterocycles. The largest absolute Gasteiger partial charge is 0.481 e. The monoisotopic (exact) mass is 240 g/mol. The van der Waals surface area contributed by atoms with Gasteiger partial charge in [-0.2, -0.15) is 0 Å². The van der Waals surface area contributed by atoms with Gasteiger partial charge in [-0.15, -0.1) is 0 Å². The van der Waals surface area contributed by atoms with Gasteiger partial charge in [0.25, 0.3) is 0 Å². The number of rotatable bonds is 4. The topological polar surface area (TPSA) is 86.7 Å². The molecule has 0 aromatic heterocycles. The van der Waals surface area contributed by atoms with E-state index in [9.17, 15) is 14.4 Å². The van der Waals surface area contributed by atoms with Crippen LogP contribution in [0.2, 0.25) is 0 Å². The number of hydrogen-bond acceptors (Lipinski definition) is 3. The number of aliphatic carboxylic acids is 1. The van der Waals surface area contributed by atoms with Crippen LogP contribution in [0.3, 0.4) is 0 Å². The lowest BCUT2D eigenvalue weighted by Gasteiger charge is -2.17. The van der Waals surface area contributed by atoms with Gasteiger partial charge in [0.15, 0.2) is 0 Å². The molecule has 6 nitrogen and oxygen atoms in total. The van der Waals surface area contributed by atoms with Crippen LogP contribution in [-0.4, -0.2) is 47.4 Å². The minimum Gasteiger partial charge on any atom is -0.481 e. The van der Waals surface area contributed by atoms with Crippen LogP contribution in [0, 0.1) is 5.92 Å². The third kappa shape index (κ3) is 3.90. The van der Waals surface area contributed by atoms with Gasteiger partial charge < -0.3 is 15.3 Å². The molecule has 0 aromatic carbocycles. The summed E-state index contributed by atoms with van der Waals surface area (Å²) in [7, 11) is 1.53. The van der Waals surface area contributed by atoms with Crippen LogP contribution in [0.4, 0.5) is 0 Å². The molecule has 0 saturated carbocycles. The zero-order valence-electron chi connectivity index (χ0n) is 9.84. The van der Waals surface area contributed by atoms with Crippen molar-refractivity contribution in [2.24, 2.45) is 5.92 Å². The molecule has 0 fully saturated rings. The highest BCUT2D eigenvalue weighted by molar-refractivity contribution is 5.84. The Morgan fingerprint density at radius 1 is 1.41 bits per heavy atom. The summed E-state index contributed by atoms with van der Waals surface area (Å²) in [5.74, 6) is -1.90. The van der Waals surface area contributed by atoms with E-state index < -0.39 is 11.9 Å². The second kappa shape index (κ2) is 5.47. The van der Waals surface area contributed by atoms with E-state index in [-0.39, 0.29) is 24.4 Å². The van der Waals surface area contributed by atoms with Crippen LogP contribution in [0.15, 0.2) is 12.2 Å². The quantitative estimate of drug-likeness (QED) is 0.655. The van der Waals surface area contributed by atoms with Crippen LogP contribution >= 0.6 is 0 Å². The summed E-state index contributed by atoms with van der Waals surface area (Å²) in [5, 5.41) is 11.4. The smallest absolute Gasteiger partial charge is 0.310 e. The molecule has 94 valence electrons. The highest BCUT2D eigenvalue weighted by Crippen LogP contribution is 2.17. The third-order valence-electron chi connectivity index (χ3n) is 2.67. The van der Waals surface area contributed by atoms with E-state index in [0.717, 1.165) is 0 Å². The fourth-order valence-electron chi connectivity index (χ4n) is 1.57. The zero-order chi connectivity index (χ0) is 13.0. The Balaban J connectivity index is 2.37. The van der Waals surface area contributed by atoms with Crippen LogP contribution in [-0.2, 0) is 14.4 Å². The minimum absolute atomic E-state index is 0.0165. The van der Waals surface area contributed by atoms with Gasteiger partial charge in [-0.1, -0.05) is 12.2 Å². The molecule has 2 unspecified atom stereocenters. The Morgan fingerprint density at radius 3 is 2.53 bits per heavy atom. The maximum Gasteiger partial charge on any atom is 0.310 e. The van der Waals surface area contributed by atoms with E-state index in [1.165, 1.54) is 18.9 Å². The molecule has 0 radical (unpaired) electrons. The summed E-state index contributed by atoms with van der Waals surface area (Å²) in [6.45, 7) is 1.36. The molecule has 0 heterocycles. The standard InChI is InChI=1S/C11H16N2O4/c1-7(14)13(2)6-10(15)12-9-4-3-8(5-9)11(16)17/h3-4,8-9H,5-6H2,1-2H3,(H,12,15)(H,16,17). The van der Waals surface area contributed by atoms with Gasteiger partial charge in [0.1, 0.15) is 0 Å². The Morgan fingerprint density at radius 2 is 2.06 bits per heavy atom. The summed E-state index contributed by atoms with van der Waals surface area (Å²) < 4.78 is 0. The van der Waals surface area contributed by atoms with Gasteiger partial charge in [0.2, 0.25) is 11.8 Å². The van der Waals surface area contributed by atoms with E-state index in [1.807, 2.05) is 0 Å². The molecule has 17 heavy (non-hydrogen) atoms. The number of carbonyl (C=O) groups is 3. The maximum atomic E-state index is 11.5. The molecule has 2 atom stereocenters. The van der Waals surface area contributed by atoms with E-state index in [1.54, 1.807) is 12.2 Å². The normalized spacial score (nSPS) is 22.2. The fraction of sp³-hybridized carbons (Fsp3) is 0.545. The van der Waals surface area contributed by atoms with Crippen molar-refractivity contribution in [3.05, 3.63) is 12.2 Å². The van der Waals surface area contributed by atoms with Crippen molar-refractivity contribution in [1.29, 1.82) is 0 Å². The second-order valence-electron chi connectivity index (χ2n) is 4.11. The van der Waals surface area contributed by atoms with Gasteiger partial charge in [-0.05, 0) is 6.42 Å². The number of hydrogen-bond donors (Lipinski definition) is 2. The van der Waals surface area contributed by atoms with Gasteiger partial charge in [-0.3, -0.25) is 14.4 Å². The first-order valence-corrected chi connectivity index (χ1v) is 5.32. The number of carboxylic acid groups (broad SMARTS) is 1. The van der Waals surface area contributed by atoms with E-state index in [2.05, 4.69) is 5.32 Å². The summed E-state index contributed by atoms with van der Waals surface area (Å²) in [5.41, 5.74) is 0. The van der Waals surface area contributed by atoms with Gasteiger partial charge in [0, 0.05) is 20.0 Å². The third-order valence-corrected chi connectivity index (χ3v) is 2.67. The van der Waals surface area contributed by atoms with E-state index >= 15 is 0 Å². The van der Waals surface area contributed by atoms with Crippen molar-refractivity contribution >= 4 is 17.8 Å². The molecule has 0 bridgehead atoms. The Hall–Kier alpha value is -1.85. The van der Waals surface area contributed by atoms with Crippen LogP contribution in [0.25, 0.3) is 0 Å². The van der Waals surface area contributed by atoms with Gasteiger partial charge >= 0.3 is 5.97 Å². The van der Waals surface area contributed by atoms with Gasteiger partial charge in [0.05, 0.1) is 12.5 Å². The Bertz CT molecular complexity index is 364. The molecule has 2 N–H and O–H groups in total. The van der Waals surface area contributed by atoms with Crippen molar-refractivity contribution in [3.63, 3.8) is 0 Å². The lowest BCUT2D eigenvalue weighted by molar-refractivity contribution is -0.140. The number of likely N-dealkylation sites (N-methyl/N-ethyl adjacent to an activating group) is 1. The average molecular weight is 240 g/mol. The molecule has 1 aliphatic rings. The number of amides is 2. The number of nitrogens with zero attached hydrogens (tertiary/aromatic N) is 1. The molecule has 2 amide bonds. The minimum atomic E-state index is -0.890. The molecule has 1 aliphatic carbocycles. The predicted molar refractivity (Wildman–Crippen MR) is 60.1 cm³/mol. The van der Waals surface area contributed by atoms with Crippen molar-refractivity contribution in [3.8, 4) is 0 Å². The second-order valence-corrected chi connectivity index (χ2v) is 4.11. The molecule has 0 saturated heterocycles. The van der Waals surface area contributed by atoms with Crippen LogP contribution in [0.5, 0.6) is 0 Å². The van der Waals surface area contributed by atoms with Crippen molar-refractivity contribution in [2.45, 2.75) is 19.4 Å². The first kappa shape index (κ1) is 13.2. The van der Waals surface area contributed by atoms with Crippen molar-refractivity contribution in [1.82, 2.24) is 10.2 Å². The number of carboxylic acids is 1. The number of nitrogens with one attached hydrogen (secondary N) is 1. The number of carbonyl (C=O) groups excluding carboxylic acids is 2. The average Bonchev–Trinajstić information content (AvgIpc) is 2.65. The van der Waals surface area contributed by atoms with Gasteiger partial charge in [-0.25, -0.2) is 0 Å². The molecule has 0 spiro atoms. The SMILES string of the molecule is CC(=O)N(C)CC(=O)NC1C=CC(C(=O)O)C1. The molecule has 1 rings (SSSR count). The highest BCUT2D eigenvalue weighted by atomic mass is 16.4. The molecule has 6 heteroatoms. The zero-order valence-corrected chi connectivity index (χ0v) is 9.84. The van der Waals surface area contributed by atoms with Crippen LogP contribution < -0.4 is 5.32 Å². The fourth-order valence-corrected chi connectivity index (χ4v) is 1.57. The summed E-state index contributed by atoms with van der Waals surface area (Å²) >= 11 is 0. The summed E-state index contributed by atoms with van der Waals surface area (Å²) in [6, 6.07) is -0.260. The lowest BCUT2D eigenvalue weighted by Crippen LogP contribution is -2.41. The van der Waals surface area contributed by atoms with Crippen molar-refractivity contribution in [2.75, 3.05) is 13.6 Å². The summed E-state index contributed by atoms with van der Waals surface area (Å²) in [4.78, 5) is 34.4. The van der Waals surface area contributed by atoms with E-state index in [0.29, 0.717) is 6.42 Å². The first-order valence-electron chi connectivity index (χ1n) is 5.32. The maximum absolute atomic E-state index is 11.5. The van der Waals surface area contributed by atoms with E-state index in [4.69, 9.17) is 5.11 Å². The molecular formula is C11H16N2O4.